The number of piperidine rings is 1. The molecule has 7 nitrogen and oxygen atoms in total. The van der Waals surface area contributed by atoms with Gasteiger partial charge in [0.05, 0.1) is 17.6 Å². The van der Waals surface area contributed by atoms with E-state index in [0.717, 1.165) is 37.3 Å². The van der Waals surface area contributed by atoms with Crippen LogP contribution in [-0.4, -0.2) is 48.3 Å². The topological polar surface area (TPSA) is 91.0 Å². The second kappa shape index (κ2) is 6.21. The molecule has 0 bridgehead atoms. The number of sulfonamides is 1. The summed E-state index contributed by atoms with van der Waals surface area (Å²) in [7, 11) is -3.13. The van der Waals surface area contributed by atoms with Gasteiger partial charge >= 0.3 is 0 Å². The first-order chi connectivity index (χ1) is 10.6. The van der Waals surface area contributed by atoms with Crippen LogP contribution in [-0.2, 0) is 10.0 Å². The van der Waals surface area contributed by atoms with E-state index in [0.29, 0.717) is 12.1 Å². The lowest BCUT2D eigenvalue weighted by atomic mass is 10.1. The highest BCUT2D eigenvalue weighted by atomic mass is 32.2. The summed E-state index contributed by atoms with van der Waals surface area (Å²) in [5.41, 5.74) is 1.63. The molecule has 0 unspecified atom stereocenters. The van der Waals surface area contributed by atoms with Crippen LogP contribution in [0.1, 0.15) is 26.2 Å². The van der Waals surface area contributed by atoms with Crippen molar-refractivity contribution in [3.8, 4) is 0 Å². The fourth-order valence-electron chi connectivity index (χ4n) is 2.80. The van der Waals surface area contributed by atoms with Gasteiger partial charge in [0.25, 0.3) is 0 Å². The van der Waals surface area contributed by atoms with Gasteiger partial charge in [0.2, 0.25) is 10.0 Å². The van der Waals surface area contributed by atoms with Crippen molar-refractivity contribution >= 4 is 27.0 Å². The molecule has 1 aliphatic heterocycles. The van der Waals surface area contributed by atoms with Gasteiger partial charge < -0.3 is 9.88 Å². The van der Waals surface area contributed by atoms with E-state index in [-0.39, 0.29) is 11.8 Å². The minimum absolute atomic E-state index is 0.0296. The van der Waals surface area contributed by atoms with Crippen molar-refractivity contribution in [3.05, 3.63) is 18.5 Å². The van der Waals surface area contributed by atoms with Crippen LogP contribution in [0.5, 0.6) is 0 Å². The Hall–Kier alpha value is -1.67. The number of hydrogen-bond acceptors (Lipinski definition) is 5. The first-order valence-corrected chi connectivity index (χ1v) is 9.28. The molecule has 1 aliphatic rings. The highest BCUT2D eigenvalue weighted by Gasteiger charge is 2.23. The van der Waals surface area contributed by atoms with Crippen molar-refractivity contribution in [1.29, 1.82) is 0 Å². The molecule has 0 spiro atoms. The third kappa shape index (κ3) is 3.38. The van der Waals surface area contributed by atoms with E-state index in [1.54, 1.807) is 6.33 Å². The summed E-state index contributed by atoms with van der Waals surface area (Å²) in [6.07, 6.45) is 3.87. The van der Waals surface area contributed by atoms with E-state index in [1.807, 2.05) is 19.1 Å². The quantitative estimate of drug-likeness (QED) is 0.864. The Morgan fingerprint density at radius 2 is 2.14 bits per heavy atom. The van der Waals surface area contributed by atoms with Gasteiger partial charge in [0, 0.05) is 19.1 Å². The van der Waals surface area contributed by atoms with Crippen molar-refractivity contribution < 1.29 is 8.42 Å². The molecule has 0 amide bonds. The number of rotatable bonds is 5. The number of hydrogen-bond donors (Lipinski definition) is 2. The summed E-state index contributed by atoms with van der Waals surface area (Å²) in [5.74, 6) is 1.10. The maximum absolute atomic E-state index is 11.8. The lowest BCUT2D eigenvalue weighted by Gasteiger charge is -2.32. The average molecular weight is 323 g/mol. The Kier molecular flexibility index (Phi) is 4.30. The molecule has 0 aromatic carbocycles. The third-order valence-electron chi connectivity index (χ3n) is 3.91. The molecule has 2 aromatic heterocycles. The minimum atomic E-state index is -3.13. The highest BCUT2D eigenvalue weighted by molar-refractivity contribution is 7.89. The van der Waals surface area contributed by atoms with Gasteiger partial charge in [-0.1, -0.05) is 6.92 Å². The number of nitrogens with zero attached hydrogens (tertiary/aromatic N) is 3. The number of imidazole rings is 1. The van der Waals surface area contributed by atoms with Gasteiger partial charge in [-0.2, -0.15) is 0 Å². The molecule has 0 radical (unpaired) electrons. The van der Waals surface area contributed by atoms with E-state index in [9.17, 15) is 8.42 Å². The predicted molar refractivity (Wildman–Crippen MR) is 86.3 cm³/mol. The van der Waals surface area contributed by atoms with Crippen LogP contribution in [0.15, 0.2) is 18.5 Å². The smallest absolute Gasteiger partial charge is 0.211 e. The summed E-state index contributed by atoms with van der Waals surface area (Å²) in [6, 6.07) is 3.98. The van der Waals surface area contributed by atoms with Gasteiger partial charge in [-0.25, -0.2) is 23.1 Å². The maximum Gasteiger partial charge on any atom is 0.211 e. The van der Waals surface area contributed by atoms with Crippen molar-refractivity contribution in [2.24, 2.45) is 0 Å². The molecule has 2 aromatic rings. The van der Waals surface area contributed by atoms with Crippen LogP contribution in [0.25, 0.3) is 11.2 Å². The molecule has 3 heterocycles. The molecule has 0 saturated carbocycles. The number of nitrogens with one attached hydrogen (secondary N) is 2. The zero-order chi connectivity index (χ0) is 15.6. The maximum atomic E-state index is 11.8. The number of anilines is 1. The van der Waals surface area contributed by atoms with Crippen molar-refractivity contribution in [2.45, 2.75) is 32.2 Å². The third-order valence-corrected chi connectivity index (χ3v) is 5.54. The molecule has 120 valence electrons. The van der Waals surface area contributed by atoms with Crippen LogP contribution in [0.4, 0.5) is 5.82 Å². The SMILES string of the molecule is CCCS(=O)(=O)NC1CCN(c2ccc3[nH]cnc3n2)CC1. The molecule has 3 rings (SSSR count). The molecular weight excluding hydrogens is 302 g/mol. The largest absolute Gasteiger partial charge is 0.356 e. The Balaban J connectivity index is 1.61. The Morgan fingerprint density at radius 3 is 2.86 bits per heavy atom. The second-order valence-corrected chi connectivity index (χ2v) is 7.51. The van der Waals surface area contributed by atoms with Crippen molar-refractivity contribution in [2.75, 3.05) is 23.7 Å². The Morgan fingerprint density at radius 1 is 1.36 bits per heavy atom. The Labute approximate surface area is 130 Å². The van der Waals surface area contributed by atoms with Gasteiger partial charge in [0.1, 0.15) is 5.82 Å². The summed E-state index contributed by atoms with van der Waals surface area (Å²) < 4.78 is 26.4. The Bertz CT molecular complexity index is 735. The summed E-state index contributed by atoms with van der Waals surface area (Å²) in [5, 5.41) is 0. The lowest BCUT2D eigenvalue weighted by Crippen LogP contribution is -2.45. The normalized spacial score (nSPS) is 17.2. The standard InChI is InChI=1S/C14H21N5O2S/c1-2-9-22(20,21)18-11-5-7-19(8-6-11)13-4-3-12-14(17-13)16-10-15-12/h3-4,10-11,18H,2,5-9H2,1H3,(H,15,16,17). The number of aromatic amines is 1. The van der Waals surface area contributed by atoms with Gasteiger partial charge in [-0.15, -0.1) is 0 Å². The van der Waals surface area contributed by atoms with E-state index in [1.165, 1.54) is 0 Å². The fraction of sp³-hybridized carbons (Fsp3) is 0.571. The van der Waals surface area contributed by atoms with Gasteiger partial charge in [-0.3, -0.25) is 0 Å². The number of H-pyrrole nitrogens is 1. The highest BCUT2D eigenvalue weighted by Crippen LogP contribution is 2.20. The van der Waals surface area contributed by atoms with Gasteiger partial charge in [0.15, 0.2) is 5.65 Å². The fourth-order valence-corrected chi connectivity index (χ4v) is 4.20. The van der Waals surface area contributed by atoms with E-state index < -0.39 is 10.0 Å². The van der Waals surface area contributed by atoms with E-state index in [4.69, 9.17) is 0 Å². The molecule has 2 N–H and O–H groups in total. The van der Waals surface area contributed by atoms with E-state index >= 15 is 0 Å². The summed E-state index contributed by atoms with van der Waals surface area (Å²) in [6.45, 7) is 3.46. The van der Waals surface area contributed by atoms with Crippen LogP contribution in [0.2, 0.25) is 0 Å². The summed E-state index contributed by atoms with van der Waals surface area (Å²) in [4.78, 5) is 13.9. The first-order valence-electron chi connectivity index (χ1n) is 7.62. The number of pyridine rings is 1. The average Bonchev–Trinajstić information content (AvgIpc) is 2.95. The molecule has 1 saturated heterocycles. The molecule has 0 atom stereocenters. The zero-order valence-electron chi connectivity index (χ0n) is 12.6. The molecular formula is C14H21N5O2S. The zero-order valence-corrected chi connectivity index (χ0v) is 13.4. The van der Waals surface area contributed by atoms with Crippen molar-refractivity contribution in [3.63, 3.8) is 0 Å². The predicted octanol–water partition coefficient (Wildman–Crippen LogP) is 1.26. The summed E-state index contributed by atoms with van der Waals surface area (Å²) >= 11 is 0. The molecule has 22 heavy (non-hydrogen) atoms. The van der Waals surface area contributed by atoms with Crippen LogP contribution in [0, 0.1) is 0 Å². The van der Waals surface area contributed by atoms with E-state index in [2.05, 4.69) is 24.6 Å². The van der Waals surface area contributed by atoms with Crippen LogP contribution >= 0.6 is 0 Å². The number of aromatic nitrogens is 3. The number of fused-ring (bicyclic) bond motifs is 1. The van der Waals surface area contributed by atoms with Gasteiger partial charge in [-0.05, 0) is 31.4 Å². The monoisotopic (exact) mass is 323 g/mol. The van der Waals surface area contributed by atoms with Crippen LogP contribution in [0.3, 0.4) is 0 Å². The first kappa shape index (κ1) is 15.2. The van der Waals surface area contributed by atoms with Crippen LogP contribution < -0.4 is 9.62 Å². The minimum Gasteiger partial charge on any atom is -0.356 e. The molecule has 0 aliphatic carbocycles. The molecule has 1 fully saturated rings. The van der Waals surface area contributed by atoms with Crippen molar-refractivity contribution in [1.82, 2.24) is 19.7 Å². The lowest BCUT2D eigenvalue weighted by molar-refractivity contribution is 0.458. The second-order valence-electron chi connectivity index (χ2n) is 5.64. The molecule has 8 heteroatoms.